The lowest BCUT2D eigenvalue weighted by atomic mass is 9.77. The van der Waals surface area contributed by atoms with Gasteiger partial charge in [-0.3, -0.25) is 9.59 Å². The molecule has 2 saturated heterocycles. The highest BCUT2D eigenvalue weighted by Crippen LogP contribution is 2.53. The third kappa shape index (κ3) is 3.41. The fraction of sp³-hybridized carbons (Fsp3) is 0.385. The monoisotopic (exact) mass is 478 g/mol. The highest BCUT2D eigenvalue weighted by Gasteiger charge is 2.67. The van der Waals surface area contributed by atoms with Crippen LogP contribution < -0.4 is 29.2 Å². The zero-order chi connectivity index (χ0) is 24.2. The van der Waals surface area contributed by atoms with Crippen molar-refractivity contribution in [1.29, 1.82) is 0 Å². The van der Waals surface area contributed by atoms with Gasteiger partial charge in [0.2, 0.25) is 18.6 Å². The van der Waals surface area contributed by atoms with Crippen LogP contribution in [0.1, 0.15) is 5.56 Å². The molecule has 0 aromatic heterocycles. The minimum Gasteiger partial charge on any atom is -0.493 e. The minimum atomic E-state index is -0.788. The third-order valence-corrected chi connectivity index (χ3v) is 7.23. The Morgan fingerprint density at radius 3 is 2.77 bits per heavy atom. The molecule has 35 heavy (non-hydrogen) atoms. The van der Waals surface area contributed by atoms with Gasteiger partial charge in [-0.25, -0.2) is 0 Å². The van der Waals surface area contributed by atoms with Gasteiger partial charge in [0.1, 0.15) is 5.60 Å². The lowest BCUT2D eigenvalue weighted by Gasteiger charge is -2.23. The highest BCUT2D eigenvalue weighted by molar-refractivity contribution is 6.03. The van der Waals surface area contributed by atoms with Crippen LogP contribution in [0, 0.1) is 11.8 Å². The van der Waals surface area contributed by atoms with Crippen molar-refractivity contribution in [1.82, 2.24) is 5.32 Å². The summed E-state index contributed by atoms with van der Waals surface area (Å²) in [5.74, 6) is 1.13. The van der Waals surface area contributed by atoms with E-state index in [-0.39, 0.29) is 18.6 Å². The van der Waals surface area contributed by atoms with Crippen LogP contribution in [0.5, 0.6) is 23.0 Å². The Morgan fingerprint density at radius 2 is 1.94 bits per heavy atom. The second-order valence-corrected chi connectivity index (χ2v) is 9.09. The van der Waals surface area contributed by atoms with Gasteiger partial charge in [0, 0.05) is 18.3 Å². The van der Waals surface area contributed by atoms with Gasteiger partial charge in [-0.2, -0.15) is 0 Å². The lowest BCUT2D eigenvalue weighted by molar-refractivity contribution is -0.131. The Kier molecular flexibility index (Phi) is 5.10. The molecule has 4 aliphatic heterocycles. The molecule has 9 nitrogen and oxygen atoms in total. The molecule has 2 amide bonds. The number of carbonyl (C=O) groups excluding carboxylic acids is 2. The molecule has 2 aromatic carbocycles. The second kappa shape index (κ2) is 8.20. The number of nitrogens with zero attached hydrogens (tertiary/aromatic N) is 1. The van der Waals surface area contributed by atoms with Crippen LogP contribution >= 0.6 is 0 Å². The van der Waals surface area contributed by atoms with E-state index in [1.54, 1.807) is 31.3 Å². The molecule has 4 aliphatic rings. The van der Waals surface area contributed by atoms with E-state index in [0.29, 0.717) is 48.2 Å². The SMILES string of the molecule is COc1ccc(CCNC(=O)C2C3C=CC4(CN(c5ccc6c(c5)OCO6)C(=O)C24)O3)cc1OC. The molecular formula is C26H26N2O7. The van der Waals surface area contributed by atoms with E-state index in [1.165, 1.54) is 0 Å². The fourth-order valence-corrected chi connectivity index (χ4v) is 5.55. The number of fused-ring (bicyclic) bond motifs is 2. The highest BCUT2D eigenvalue weighted by atomic mass is 16.7. The van der Waals surface area contributed by atoms with Gasteiger partial charge in [-0.05, 0) is 36.2 Å². The van der Waals surface area contributed by atoms with Crippen LogP contribution in [0.3, 0.4) is 0 Å². The summed E-state index contributed by atoms with van der Waals surface area (Å²) < 4.78 is 27.7. The Labute approximate surface area is 202 Å². The van der Waals surface area contributed by atoms with Crippen molar-refractivity contribution >= 4 is 17.5 Å². The van der Waals surface area contributed by atoms with Gasteiger partial charge in [0.15, 0.2) is 23.0 Å². The molecule has 2 aromatic rings. The van der Waals surface area contributed by atoms with Crippen LogP contribution in [-0.2, 0) is 20.7 Å². The van der Waals surface area contributed by atoms with Gasteiger partial charge in [-0.15, -0.1) is 0 Å². The van der Waals surface area contributed by atoms with Crippen molar-refractivity contribution in [3.63, 3.8) is 0 Å². The van der Waals surface area contributed by atoms with Crippen LogP contribution in [0.2, 0.25) is 0 Å². The number of carbonyl (C=O) groups is 2. The number of nitrogens with one attached hydrogen (secondary N) is 1. The molecule has 0 aliphatic carbocycles. The van der Waals surface area contributed by atoms with E-state index in [1.807, 2.05) is 36.4 Å². The molecule has 2 fully saturated rings. The standard InChI is InChI=1S/C26H26N2O7/c1-31-17-5-3-15(11-20(17)32-2)8-10-27-24(29)22-19-7-9-26(35-19)13-28(25(30)23(22)26)16-4-6-18-21(12-16)34-14-33-18/h3-7,9,11-12,19,22-23H,8,10,13-14H2,1-2H3,(H,27,29). The predicted molar refractivity (Wildman–Crippen MR) is 125 cm³/mol. The number of anilines is 1. The number of amides is 2. The smallest absolute Gasteiger partial charge is 0.234 e. The van der Waals surface area contributed by atoms with Crippen molar-refractivity contribution < 1.29 is 33.3 Å². The summed E-state index contributed by atoms with van der Waals surface area (Å²) in [6, 6.07) is 11.1. The number of methoxy groups -OCH3 is 2. The summed E-state index contributed by atoms with van der Waals surface area (Å²) in [4.78, 5) is 28.5. The van der Waals surface area contributed by atoms with Gasteiger partial charge >= 0.3 is 0 Å². The van der Waals surface area contributed by atoms with E-state index in [0.717, 1.165) is 5.56 Å². The summed E-state index contributed by atoms with van der Waals surface area (Å²) >= 11 is 0. The summed E-state index contributed by atoms with van der Waals surface area (Å²) in [5, 5.41) is 3.01. The summed E-state index contributed by atoms with van der Waals surface area (Å²) in [7, 11) is 3.18. The predicted octanol–water partition coefficient (Wildman–Crippen LogP) is 2.08. The van der Waals surface area contributed by atoms with Crippen LogP contribution in [-0.4, -0.2) is 57.6 Å². The van der Waals surface area contributed by atoms with Crippen LogP contribution in [0.15, 0.2) is 48.6 Å². The van der Waals surface area contributed by atoms with Gasteiger partial charge < -0.3 is 33.9 Å². The van der Waals surface area contributed by atoms with E-state index >= 15 is 0 Å². The molecule has 6 rings (SSSR count). The second-order valence-electron chi connectivity index (χ2n) is 9.09. The Balaban J connectivity index is 1.15. The molecule has 2 bridgehead atoms. The van der Waals surface area contributed by atoms with E-state index in [9.17, 15) is 9.59 Å². The number of hydrogen-bond acceptors (Lipinski definition) is 7. The molecule has 1 N–H and O–H groups in total. The first kappa shape index (κ1) is 21.8. The number of hydrogen-bond donors (Lipinski definition) is 1. The molecule has 4 heterocycles. The van der Waals surface area contributed by atoms with Crippen molar-refractivity contribution in [3.05, 3.63) is 54.1 Å². The third-order valence-electron chi connectivity index (χ3n) is 7.23. The lowest BCUT2D eigenvalue weighted by Crippen LogP contribution is -2.44. The average Bonchev–Trinajstić information content (AvgIpc) is 3.64. The summed E-state index contributed by atoms with van der Waals surface area (Å²) in [6.45, 7) is 0.956. The quantitative estimate of drug-likeness (QED) is 0.609. The number of ether oxygens (including phenoxy) is 5. The van der Waals surface area contributed by atoms with Gasteiger partial charge in [0.05, 0.1) is 38.7 Å². The fourth-order valence-electron chi connectivity index (χ4n) is 5.55. The maximum atomic E-state index is 13.5. The summed E-state index contributed by atoms with van der Waals surface area (Å²) in [6.07, 6.45) is 4.07. The molecule has 4 atom stereocenters. The van der Waals surface area contributed by atoms with E-state index in [2.05, 4.69) is 5.32 Å². The maximum Gasteiger partial charge on any atom is 0.234 e. The maximum absolute atomic E-state index is 13.5. The summed E-state index contributed by atoms with van der Waals surface area (Å²) in [5.41, 5.74) is 0.925. The van der Waals surface area contributed by atoms with Crippen molar-refractivity contribution in [3.8, 4) is 23.0 Å². The van der Waals surface area contributed by atoms with Crippen molar-refractivity contribution in [2.45, 2.75) is 18.1 Å². The Hall–Kier alpha value is -3.72. The largest absolute Gasteiger partial charge is 0.493 e. The first-order valence-electron chi connectivity index (χ1n) is 11.6. The van der Waals surface area contributed by atoms with Crippen LogP contribution in [0.25, 0.3) is 0 Å². The number of benzene rings is 2. The van der Waals surface area contributed by atoms with Crippen molar-refractivity contribution in [2.75, 3.05) is 39.0 Å². The van der Waals surface area contributed by atoms with Gasteiger partial charge in [-0.1, -0.05) is 18.2 Å². The Morgan fingerprint density at radius 1 is 1.11 bits per heavy atom. The zero-order valence-electron chi connectivity index (χ0n) is 19.5. The van der Waals surface area contributed by atoms with Gasteiger partial charge in [0.25, 0.3) is 0 Å². The molecular weight excluding hydrogens is 452 g/mol. The molecule has 9 heteroatoms. The Bertz CT molecular complexity index is 1230. The topological polar surface area (TPSA) is 95.6 Å². The molecule has 0 saturated carbocycles. The van der Waals surface area contributed by atoms with Crippen molar-refractivity contribution in [2.24, 2.45) is 11.8 Å². The molecule has 182 valence electrons. The normalized spacial score (nSPS) is 27.3. The number of rotatable bonds is 7. The first-order valence-corrected chi connectivity index (χ1v) is 11.6. The molecule has 4 unspecified atom stereocenters. The van der Waals surface area contributed by atoms with Crippen LogP contribution in [0.4, 0.5) is 5.69 Å². The molecule has 0 radical (unpaired) electrons. The van der Waals surface area contributed by atoms with E-state index in [4.69, 9.17) is 23.7 Å². The van der Waals surface area contributed by atoms with E-state index < -0.39 is 23.5 Å². The average molecular weight is 479 g/mol. The zero-order valence-corrected chi connectivity index (χ0v) is 19.5. The first-order chi connectivity index (χ1) is 17.0. The minimum absolute atomic E-state index is 0.115. The molecule has 1 spiro atoms.